The van der Waals surface area contributed by atoms with Crippen LogP contribution in [0, 0.1) is 5.92 Å². The standard InChI is InChI=1S/C14H22N2O2S/c1-11-6-5-9-16(12(11)2)19(17,18)14-8-4-3-7-13(14)10-15/h3-4,7-8,11-12H,5-6,9-10,15H2,1-2H3. The summed E-state index contributed by atoms with van der Waals surface area (Å²) in [5, 5.41) is 0. The summed E-state index contributed by atoms with van der Waals surface area (Å²) in [7, 11) is -3.43. The van der Waals surface area contributed by atoms with Crippen molar-refractivity contribution in [2.24, 2.45) is 11.7 Å². The summed E-state index contributed by atoms with van der Waals surface area (Å²) in [6, 6.07) is 7.06. The average Bonchev–Trinajstić information content (AvgIpc) is 2.41. The largest absolute Gasteiger partial charge is 0.326 e. The number of rotatable bonds is 3. The molecule has 106 valence electrons. The van der Waals surface area contributed by atoms with Gasteiger partial charge in [0.05, 0.1) is 4.90 Å². The molecule has 1 fully saturated rings. The molecule has 0 spiro atoms. The third-order valence-corrected chi connectivity index (χ3v) is 6.18. The third kappa shape index (κ3) is 2.68. The Morgan fingerprint density at radius 1 is 1.32 bits per heavy atom. The summed E-state index contributed by atoms with van der Waals surface area (Å²) in [5.41, 5.74) is 6.34. The van der Waals surface area contributed by atoms with Crippen molar-refractivity contribution in [3.8, 4) is 0 Å². The fraction of sp³-hybridized carbons (Fsp3) is 0.571. The van der Waals surface area contributed by atoms with E-state index < -0.39 is 10.0 Å². The minimum absolute atomic E-state index is 0.0459. The van der Waals surface area contributed by atoms with Crippen LogP contribution in [0.1, 0.15) is 32.3 Å². The molecule has 2 N–H and O–H groups in total. The molecule has 1 aromatic rings. The first-order chi connectivity index (χ1) is 8.98. The van der Waals surface area contributed by atoms with Crippen LogP contribution in [-0.4, -0.2) is 25.3 Å². The van der Waals surface area contributed by atoms with E-state index in [-0.39, 0.29) is 12.6 Å². The summed E-state index contributed by atoms with van der Waals surface area (Å²) in [5.74, 6) is 0.397. The first-order valence-corrected chi connectivity index (χ1v) is 8.22. The number of nitrogens with zero attached hydrogens (tertiary/aromatic N) is 1. The molecule has 0 saturated carbocycles. The van der Waals surface area contributed by atoms with Crippen LogP contribution in [0.4, 0.5) is 0 Å². The first-order valence-electron chi connectivity index (χ1n) is 6.78. The monoisotopic (exact) mass is 282 g/mol. The van der Waals surface area contributed by atoms with Crippen LogP contribution in [-0.2, 0) is 16.6 Å². The second-order valence-corrected chi connectivity index (χ2v) is 7.15. The van der Waals surface area contributed by atoms with Gasteiger partial charge in [0.1, 0.15) is 0 Å². The molecule has 5 heteroatoms. The summed E-state index contributed by atoms with van der Waals surface area (Å²) in [6.07, 6.45) is 2.02. The fourth-order valence-corrected chi connectivity index (χ4v) is 4.69. The Balaban J connectivity index is 2.42. The number of benzene rings is 1. The molecule has 2 unspecified atom stereocenters. The van der Waals surface area contributed by atoms with Crippen molar-refractivity contribution in [2.75, 3.05) is 6.54 Å². The molecule has 19 heavy (non-hydrogen) atoms. The van der Waals surface area contributed by atoms with E-state index >= 15 is 0 Å². The summed E-state index contributed by atoms with van der Waals surface area (Å²) in [4.78, 5) is 0.360. The van der Waals surface area contributed by atoms with Gasteiger partial charge in [0.2, 0.25) is 10.0 Å². The lowest BCUT2D eigenvalue weighted by Gasteiger charge is -2.37. The van der Waals surface area contributed by atoms with Gasteiger partial charge in [-0.15, -0.1) is 0 Å². The zero-order valence-electron chi connectivity index (χ0n) is 11.5. The van der Waals surface area contributed by atoms with E-state index in [1.165, 1.54) is 0 Å². The molecule has 1 aliphatic rings. The summed E-state index contributed by atoms with van der Waals surface area (Å²) < 4.78 is 27.2. The molecule has 0 aromatic heterocycles. The van der Waals surface area contributed by atoms with Gasteiger partial charge in [-0.2, -0.15) is 4.31 Å². The Bertz CT molecular complexity index is 542. The number of piperidine rings is 1. The van der Waals surface area contributed by atoms with Gasteiger partial charge < -0.3 is 5.73 Å². The maximum atomic E-state index is 12.8. The summed E-state index contributed by atoms with van der Waals surface area (Å²) in [6.45, 7) is 4.95. The quantitative estimate of drug-likeness (QED) is 0.921. The molecule has 1 aromatic carbocycles. The van der Waals surface area contributed by atoms with Crippen LogP contribution >= 0.6 is 0 Å². The van der Waals surface area contributed by atoms with Gasteiger partial charge in [-0.3, -0.25) is 0 Å². The van der Waals surface area contributed by atoms with Crippen molar-refractivity contribution in [3.05, 3.63) is 29.8 Å². The Morgan fingerprint density at radius 2 is 2.00 bits per heavy atom. The normalized spacial score (nSPS) is 25.4. The van der Waals surface area contributed by atoms with Crippen LogP contribution < -0.4 is 5.73 Å². The molecule has 1 heterocycles. The van der Waals surface area contributed by atoms with Crippen molar-refractivity contribution in [3.63, 3.8) is 0 Å². The van der Waals surface area contributed by atoms with Crippen LogP contribution in [0.2, 0.25) is 0 Å². The number of sulfonamides is 1. The molecule has 0 aliphatic carbocycles. The summed E-state index contributed by atoms with van der Waals surface area (Å²) >= 11 is 0. The Morgan fingerprint density at radius 3 is 2.68 bits per heavy atom. The lowest BCUT2D eigenvalue weighted by molar-refractivity contribution is 0.202. The van der Waals surface area contributed by atoms with Gasteiger partial charge in [-0.25, -0.2) is 8.42 Å². The molecule has 0 amide bonds. The topological polar surface area (TPSA) is 63.4 Å². The van der Waals surface area contributed by atoms with E-state index in [4.69, 9.17) is 5.73 Å². The maximum absolute atomic E-state index is 12.8. The molecule has 1 aliphatic heterocycles. The lowest BCUT2D eigenvalue weighted by atomic mass is 9.94. The molecule has 1 saturated heterocycles. The number of hydrogen-bond donors (Lipinski definition) is 1. The number of nitrogens with two attached hydrogens (primary N) is 1. The van der Waals surface area contributed by atoms with Crippen LogP contribution in [0.3, 0.4) is 0 Å². The SMILES string of the molecule is CC1CCCN(S(=O)(=O)c2ccccc2CN)C1C. The van der Waals surface area contributed by atoms with Crippen molar-refractivity contribution in [2.45, 2.75) is 44.2 Å². The molecular formula is C14H22N2O2S. The van der Waals surface area contributed by atoms with E-state index in [9.17, 15) is 8.42 Å². The number of hydrogen-bond acceptors (Lipinski definition) is 3. The van der Waals surface area contributed by atoms with E-state index in [0.717, 1.165) is 12.8 Å². The highest BCUT2D eigenvalue weighted by Gasteiger charge is 2.35. The molecule has 2 rings (SSSR count). The van der Waals surface area contributed by atoms with Gasteiger partial charge >= 0.3 is 0 Å². The first kappa shape index (κ1) is 14.5. The van der Waals surface area contributed by atoms with Crippen LogP contribution in [0.5, 0.6) is 0 Å². The molecule has 0 radical (unpaired) electrons. The molecule has 4 nitrogen and oxygen atoms in total. The van der Waals surface area contributed by atoms with Crippen LogP contribution in [0.25, 0.3) is 0 Å². The smallest absolute Gasteiger partial charge is 0.243 e. The highest BCUT2D eigenvalue weighted by Crippen LogP contribution is 2.29. The lowest BCUT2D eigenvalue weighted by Crippen LogP contribution is -2.46. The maximum Gasteiger partial charge on any atom is 0.243 e. The Kier molecular flexibility index (Phi) is 4.28. The van der Waals surface area contributed by atoms with Gasteiger partial charge in [0.25, 0.3) is 0 Å². The second kappa shape index (κ2) is 5.61. The van der Waals surface area contributed by atoms with Crippen LogP contribution in [0.15, 0.2) is 29.2 Å². The predicted octanol–water partition coefficient (Wildman–Crippen LogP) is 1.95. The van der Waals surface area contributed by atoms with Gasteiger partial charge in [-0.1, -0.05) is 25.1 Å². The minimum Gasteiger partial charge on any atom is -0.326 e. The molecule has 0 bridgehead atoms. The van der Waals surface area contributed by atoms with Gasteiger partial charge in [-0.05, 0) is 37.3 Å². The Hall–Kier alpha value is -0.910. The molecular weight excluding hydrogens is 260 g/mol. The van der Waals surface area contributed by atoms with Gasteiger partial charge in [0.15, 0.2) is 0 Å². The van der Waals surface area contributed by atoms with E-state index in [2.05, 4.69) is 6.92 Å². The zero-order chi connectivity index (χ0) is 14.0. The minimum atomic E-state index is -3.43. The van der Waals surface area contributed by atoms with Crippen molar-refractivity contribution >= 4 is 10.0 Å². The van der Waals surface area contributed by atoms with E-state index in [0.29, 0.717) is 22.9 Å². The predicted molar refractivity (Wildman–Crippen MR) is 76.1 cm³/mol. The fourth-order valence-electron chi connectivity index (χ4n) is 2.69. The van der Waals surface area contributed by atoms with Gasteiger partial charge in [0, 0.05) is 19.1 Å². The second-order valence-electron chi connectivity index (χ2n) is 5.29. The highest BCUT2D eigenvalue weighted by molar-refractivity contribution is 7.89. The van der Waals surface area contributed by atoms with Crippen molar-refractivity contribution < 1.29 is 8.42 Å². The molecule has 2 atom stereocenters. The van der Waals surface area contributed by atoms with E-state index in [1.54, 1.807) is 22.5 Å². The average molecular weight is 282 g/mol. The van der Waals surface area contributed by atoms with E-state index in [1.807, 2.05) is 13.0 Å². The third-order valence-electron chi connectivity index (χ3n) is 4.09. The highest BCUT2D eigenvalue weighted by atomic mass is 32.2. The zero-order valence-corrected chi connectivity index (χ0v) is 12.4. The van der Waals surface area contributed by atoms with Crippen molar-refractivity contribution in [1.29, 1.82) is 0 Å². The Labute approximate surface area is 115 Å². The van der Waals surface area contributed by atoms with Crippen molar-refractivity contribution in [1.82, 2.24) is 4.31 Å².